The molecule has 0 N–H and O–H groups in total. The summed E-state index contributed by atoms with van der Waals surface area (Å²) in [5.74, 6) is 2.45. The van der Waals surface area contributed by atoms with Crippen molar-refractivity contribution in [2.45, 2.75) is 31.9 Å². The fourth-order valence-corrected chi connectivity index (χ4v) is 2.47. The molecule has 0 fully saturated rings. The first kappa shape index (κ1) is 12.1. The summed E-state index contributed by atoms with van der Waals surface area (Å²) in [7, 11) is 0. The molecule has 0 unspecified atom stereocenters. The van der Waals surface area contributed by atoms with Gasteiger partial charge in [-0.05, 0) is 29.9 Å². The molecule has 0 heterocycles. The second-order valence-electron chi connectivity index (χ2n) is 3.39. The monoisotopic (exact) mass is 272 g/mol. The Morgan fingerprint density at radius 2 is 1.86 bits per heavy atom. The van der Waals surface area contributed by atoms with Crippen molar-refractivity contribution < 1.29 is 0 Å². The zero-order valence-electron chi connectivity index (χ0n) is 8.63. The lowest BCUT2D eigenvalue weighted by atomic mass is 10.2. The molecule has 0 atom stereocenters. The second-order valence-corrected chi connectivity index (χ2v) is 5.41. The van der Waals surface area contributed by atoms with E-state index in [9.17, 15) is 0 Å². The molecule has 0 saturated carbocycles. The van der Waals surface area contributed by atoms with Crippen LogP contribution in [0.1, 0.15) is 31.7 Å². The molecule has 0 spiro atoms. The summed E-state index contributed by atoms with van der Waals surface area (Å²) in [6.45, 7) is 2.25. The molecule has 0 bridgehead atoms. The van der Waals surface area contributed by atoms with Gasteiger partial charge in [0.25, 0.3) is 0 Å². The van der Waals surface area contributed by atoms with Crippen LogP contribution in [0.25, 0.3) is 0 Å². The van der Waals surface area contributed by atoms with Crippen LogP contribution >= 0.6 is 27.7 Å². The topological polar surface area (TPSA) is 0 Å². The molecule has 78 valence electrons. The van der Waals surface area contributed by atoms with E-state index >= 15 is 0 Å². The molecule has 0 aliphatic carbocycles. The molecule has 14 heavy (non-hydrogen) atoms. The maximum absolute atomic E-state index is 3.44. The van der Waals surface area contributed by atoms with Crippen LogP contribution in [0.5, 0.6) is 0 Å². The van der Waals surface area contributed by atoms with Crippen molar-refractivity contribution in [1.29, 1.82) is 0 Å². The Morgan fingerprint density at radius 1 is 1.14 bits per heavy atom. The maximum atomic E-state index is 3.44. The first-order chi connectivity index (χ1) is 6.83. The Kier molecular flexibility index (Phi) is 6.37. The first-order valence-electron chi connectivity index (χ1n) is 5.15. The number of halogens is 1. The van der Waals surface area contributed by atoms with Crippen molar-refractivity contribution in [3.05, 3.63) is 34.3 Å². The Balaban J connectivity index is 2.15. The van der Waals surface area contributed by atoms with Crippen LogP contribution in [-0.4, -0.2) is 5.75 Å². The van der Waals surface area contributed by atoms with E-state index in [1.165, 1.54) is 30.6 Å². The Hall–Kier alpha value is 0.0500. The molecule has 0 amide bonds. The van der Waals surface area contributed by atoms with Crippen LogP contribution in [0.3, 0.4) is 0 Å². The number of unbranched alkanes of at least 4 members (excludes halogenated alkanes) is 2. The number of hydrogen-bond acceptors (Lipinski definition) is 1. The lowest BCUT2D eigenvalue weighted by molar-refractivity contribution is 0.778. The van der Waals surface area contributed by atoms with Gasteiger partial charge in [0, 0.05) is 10.2 Å². The van der Waals surface area contributed by atoms with Crippen LogP contribution in [0, 0.1) is 0 Å². The number of benzene rings is 1. The van der Waals surface area contributed by atoms with Crippen molar-refractivity contribution in [1.82, 2.24) is 0 Å². The largest absolute Gasteiger partial charge is 0.157 e. The molecule has 1 aromatic carbocycles. The van der Waals surface area contributed by atoms with Crippen LogP contribution < -0.4 is 0 Å². The zero-order chi connectivity index (χ0) is 10.2. The Bertz CT molecular complexity index is 243. The Labute approximate surface area is 99.6 Å². The van der Waals surface area contributed by atoms with Gasteiger partial charge < -0.3 is 0 Å². The van der Waals surface area contributed by atoms with Crippen molar-refractivity contribution in [3.8, 4) is 0 Å². The normalized spacial score (nSPS) is 10.4. The minimum atomic E-state index is 1.15. The quantitative estimate of drug-likeness (QED) is 0.666. The lowest BCUT2D eigenvalue weighted by Gasteiger charge is -2.01. The average molecular weight is 273 g/mol. The van der Waals surface area contributed by atoms with Crippen molar-refractivity contribution in [3.63, 3.8) is 0 Å². The van der Waals surface area contributed by atoms with Gasteiger partial charge in [-0.2, -0.15) is 11.8 Å². The van der Waals surface area contributed by atoms with E-state index < -0.39 is 0 Å². The number of rotatable bonds is 6. The molecule has 1 aromatic rings. The van der Waals surface area contributed by atoms with Gasteiger partial charge >= 0.3 is 0 Å². The molecule has 0 aromatic heterocycles. The van der Waals surface area contributed by atoms with Gasteiger partial charge in [-0.3, -0.25) is 0 Å². The number of hydrogen-bond donors (Lipinski definition) is 0. The minimum absolute atomic E-state index is 1.15. The Morgan fingerprint density at radius 3 is 2.50 bits per heavy atom. The number of thioether (sulfide) groups is 1. The van der Waals surface area contributed by atoms with Gasteiger partial charge in [-0.25, -0.2) is 0 Å². The van der Waals surface area contributed by atoms with Gasteiger partial charge in [0.15, 0.2) is 0 Å². The molecule has 1 rings (SSSR count). The van der Waals surface area contributed by atoms with E-state index in [2.05, 4.69) is 47.1 Å². The van der Waals surface area contributed by atoms with E-state index in [1.54, 1.807) is 0 Å². The molecule has 0 nitrogen and oxygen atoms in total. The van der Waals surface area contributed by atoms with Crippen LogP contribution in [-0.2, 0) is 5.75 Å². The van der Waals surface area contributed by atoms with Gasteiger partial charge in [0.05, 0.1) is 0 Å². The van der Waals surface area contributed by atoms with E-state index in [-0.39, 0.29) is 0 Å². The maximum Gasteiger partial charge on any atom is 0.0184 e. The summed E-state index contributed by atoms with van der Waals surface area (Å²) in [6, 6.07) is 8.61. The fraction of sp³-hybridized carbons (Fsp3) is 0.500. The van der Waals surface area contributed by atoms with Crippen LogP contribution in [0.2, 0.25) is 0 Å². The van der Waals surface area contributed by atoms with Crippen LogP contribution in [0.4, 0.5) is 0 Å². The predicted octanol–water partition coefficient (Wildman–Crippen LogP) is 4.87. The van der Waals surface area contributed by atoms with E-state index in [0.717, 1.165) is 10.2 Å². The fourth-order valence-electron chi connectivity index (χ4n) is 1.22. The first-order valence-corrected chi connectivity index (χ1v) is 7.10. The third-order valence-electron chi connectivity index (χ3n) is 2.07. The molecular formula is C12H17BrS. The van der Waals surface area contributed by atoms with Gasteiger partial charge in [-0.15, -0.1) is 0 Å². The highest BCUT2D eigenvalue weighted by Gasteiger charge is 1.93. The van der Waals surface area contributed by atoms with Crippen LogP contribution in [0.15, 0.2) is 28.7 Å². The van der Waals surface area contributed by atoms with E-state index in [1.807, 2.05) is 11.8 Å². The molecular weight excluding hydrogens is 256 g/mol. The summed E-state index contributed by atoms with van der Waals surface area (Å²) in [4.78, 5) is 0. The summed E-state index contributed by atoms with van der Waals surface area (Å²) < 4.78 is 1.16. The van der Waals surface area contributed by atoms with Gasteiger partial charge in [-0.1, -0.05) is 47.8 Å². The zero-order valence-corrected chi connectivity index (χ0v) is 11.0. The summed E-state index contributed by atoms with van der Waals surface area (Å²) in [5, 5.41) is 0. The molecule has 0 aliphatic heterocycles. The third kappa shape index (κ3) is 5.06. The van der Waals surface area contributed by atoms with Gasteiger partial charge in [0.2, 0.25) is 0 Å². The molecule has 2 heteroatoms. The standard InChI is InChI=1S/C12H17BrS/c1-2-3-4-9-14-10-11-5-7-12(13)8-6-11/h5-8H,2-4,9-10H2,1H3. The van der Waals surface area contributed by atoms with E-state index in [4.69, 9.17) is 0 Å². The SMILES string of the molecule is CCCCCSCc1ccc(Br)cc1. The minimum Gasteiger partial charge on any atom is -0.157 e. The van der Waals surface area contributed by atoms with Crippen molar-refractivity contribution in [2.24, 2.45) is 0 Å². The summed E-state index contributed by atoms with van der Waals surface area (Å²) >= 11 is 5.48. The predicted molar refractivity (Wildman–Crippen MR) is 69.8 cm³/mol. The van der Waals surface area contributed by atoms with Crippen molar-refractivity contribution >= 4 is 27.7 Å². The highest BCUT2D eigenvalue weighted by Crippen LogP contribution is 2.16. The van der Waals surface area contributed by atoms with Gasteiger partial charge in [0.1, 0.15) is 0 Å². The van der Waals surface area contributed by atoms with Crippen molar-refractivity contribution in [2.75, 3.05) is 5.75 Å². The highest BCUT2D eigenvalue weighted by atomic mass is 79.9. The highest BCUT2D eigenvalue weighted by molar-refractivity contribution is 9.10. The molecule has 0 radical (unpaired) electrons. The third-order valence-corrected chi connectivity index (χ3v) is 3.72. The average Bonchev–Trinajstić information content (AvgIpc) is 2.21. The second kappa shape index (κ2) is 7.36. The molecule has 0 aliphatic rings. The molecule has 0 saturated heterocycles. The lowest BCUT2D eigenvalue weighted by Crippen LogP contribution is -1.83. The summed E-state index contributed by atoms with van der Waals surface area (Å²) in [5.41, 5.74) is 1.43. The smallest absolute Gasteiger partial charge is 0.0184 e. The van der Waals surface area contributed by atoms with E-state index in [0.29, 0.717) is 0 Å². The summed E-state index contributed by atoms with van der Waals surface area (Å²) in [6.07, 6.45) is 4.05.